The Morgan fingerprint density at radius 3 is 2.08 bits per heavy atom. The van der Waals surface area contributed by atoms with Gasteiger partial charge in [0, 0.05) is 24.3 Å². The molecule has 1 heterocycles. The maximum atomic E-state index is 12.6. The smallest absolute Gasteiger partial charge is 0.261 e. The fourth-order valence-corrected chi connectivity index (χ4v) is 4.04. The minimum absolute atomic E-state index is 0.0141. The fourth-order valence-electron chi connectivity index (χ4n) is 2.98. The highest BCUT2D eigenvalue weighted by Gasteiger charge is 2.22. The van der Waals surface area contributed by atoms with Gasteiger partial charge in [0.2, 0.25) is 5.91 Å². The molecule has 2 aromatic rings. The standard InChI is InChI=1S/C20H24N2O3S/c1-20(2,3)15-6-8-16(9-7-15)21-26(24,25)18-12-10-17(11-13-18)22-14-4-5-19(22)23/h6-13,21H,4-5,14H2,1-3H3. The normalized spacial score (nSPS) is 15.3. The molecule has 2 aromatic carbocycles. The van der Waals surface area contributed by atoms with E-state index in [2.05, 4.69) is 25.5 Å². The van der Waals surface area contributed by atoms with E-state index in [1.54, 1.807) is 29.2 Å². The lowest BCUT2D eigenvalue weighted by Crippen LogP contribution is -2.23. The molecule has 26 heavy (non-hydrogen) atoms. The first-order valence-corrected chi connectivity index (χ1v) is 10.2. The average molecular weight is 372 g/mol. The number of hydrogen-bond acceptors (Lipinski definition) is 3. The third kappa shape index (κ3) is 3.90. The molecule has 6 heteroatoms. The van der Waals surface area contributed by atoms with Gasteiger partial charge in [-0.2, -0.15) is 0 Å². The molecule has 0 aliphatic carbocycles. The van der Waals surface area contributed by atoms with Gasteiger partial charge in [0.1, 0.15) is 0 Å². The predicted octanol–water partition coefficient (Wildman–Crippen LogP) is 3.91. The summed E-state index contributed by atoms with van der Waals surface area (Å²) < 4.78 is 27.8. The molecule has 0 spiro atoms. The molecule has 0 unspecified atom stereocenters. The van der Waals surface area contributed by atoms with E-state index in [0.717, 1.165) is 17.7 Å². The van der Waals surface area contributed by atoms with Gasteiger partial charge in [0.05, 0.1) is 4.90 Å². The second kappa shape index (κ2) is 6.76. The van der Waals surface area contributed by atoms with Gasteiger partial charge in [-0.1, -0.05) is 32.9 Å². The number of sulfonamides is 1. The predicted molar refractivity (Wildman–Crippen MR) is 104 cm³/mol. The summed E-state index contributed by atoms with van der Waals surface area (Å²) in [6, 6.07) is 13.8. The maximum Gasteiger partial charge on any atom is 0.261 e. The van der Waals surface area contributed by atoms with Gasteiger partial charge in [0.25, 0.3) is 10.0 Å². The Hall–Kier alpha value is -2.34. The van der Waals surface area contributed by atoms with Crippen molar-refractivity contribution in [1.29, 1.82) is 0 Å². The van der Waals surface area contributed by atoms with E-state index in [9.17, 15) is 13.2 Å². The van der Waals surface area contributed by atoms with Crippen molar-refractivity contribution in [3.63, 3.8) is 0 Å². The van der Waals surface area contributed by atoms with Crippen LogP contribution in [0.5, 0.6) is 0 Å². The molecule has 3 rings (SSSR count). The first-order chi connectivity index (χ1) is 12.2. The first kappa shape index (κ1) is 18.5. The topological polar surface area (TPSA) is 66.5 Å². The van der Waals surface area contributed by atoms with Crippen LogP contribution in [0.2, 0.25) is 0 Å². The highest BCUT2D eigenvalue weighted by molar-refractivity contribution is 7.92. The molecule has 138 valence electrons. The van der Waals surface area contributed by atoms with Crippen molar-refractivity contribution >= 4 is 27.3 Å². The van der Waals surface area contributed by atoms with E-state index in [1.807, 2.05) is 12.1 Å². The Balaban J connectivity index is 1.76. The molecule has 0 radical (unpaired) electrons. The van der Waals surface area contributed by atoms with E-state index >= 15 is 0 Å². The van der Waals surface area contributed by atoms with Crippen LogP contribution in [0.25, 0.3) is 0 Å². The van der Waals surface area contributed by atoms with Crippen LogP contribution in [-0.4, -0.2) is 20.9 Å². The van der Waals surface area contributed by atoms with E-state index in [1.165, 1.54) is 12.1 Å². The quantitative estimate of drug-likeness (QED) is 0.885. The van der Waals surface area contributed by atoms with E-state index < -0.39 is 10.0 Å². The summed E-state index contributed by atoms with van der Waals surface area (Å²) in [5.41, 5.74) is 2.41. The Morgan fingerprint density at radius 2 is 1.58 bits per heavy atom. The van der Waals surface area contributed by atoms with Crippen LogP contribution in [-0.2, 0) is 20.2 Å². The largest absolute Gasteiger partial charge is 0.312 e. The average Bonchev–Trinajstić information content (AvgIpc) is 3.00. The number of hydrogen-bond donors (Lipinski definition) is 1. The van der Waals surface area contributed by atoms with Gasteiger partial charge in [-0.3, -0.25) is 9.52 Å². The van der Waals surface area contributed by atoms with E-state index in [0.29, 0.717) is 18.7 Å². The van der Waals surface area contributed by atoms with Crippen molar-refractivity contribution in [2.75, 3.05) is 16.2 Å². The van der Waals surface area contributed by atoms with Gasteiger partial charge in [-0.05, 0) is 53.8 Å². The van der Waals surface area contributed by atoms with Crippen molar-refractivity contribution in [3.8, 4) is 0 Å². The number of anilines is 2. The number of amides is 1. The van der Waals surface area contributed by atoms with Crippen LogP contribution < -0.4 is 9.62 Å². The lowest BCUT2D eigenvalue weighted by Gasteiger charge is -2.19. The van der Waals surface area contributed by atoms with Gasteiger partial charge in [-0.15, -0.1) is 0 Å². The number of nitrogens with zero attached hydrogens (tertiary/aromatic N) is 1. The summed E-state index contributed by atoms with van der Waals surface area (Å²) >= 11 is 0. The zero-order valence-corrected chi connectivity index (χ0v) is 16.1. The summed E-state index contributed by atoms with van der Waals surface area (Å²) in [4.78, 5) is 13.7. The molecule has 0 bridgehead atoms. The van der Waals surface area contributed by atoms with Crippen LogP contribution in [0.4, 0.5) is 11.4 Å². The maximum absolute atomic E-state index is 12.6. The molecular weight excluding hydrogens is 348 g/mol. The number of rotatable bonds is 4. The van der Waals surface area contributed by atoms with Gasteiger partial charge >= 0.3 is 0 Å². The number of benzene rings is 2. The number of carbonyl (C=O) groups is 1. The van der Waals surface area contributed by atoms with Crippen molar-refractivity contribution in [3.05, 3.63) is 54.1 Å². The lowest BCUT2D eigenvalue weighted by molar-refractivity contribution is -0.117. The first-order valence-electron chi connectivity index (χ1n) is 8.71. The molecule has 0 aromatic heterocycles. The second-order valence-electron chi connectivity index (χ2n) is 7.58. The summed E-state index contributed by atoms with van der Waals surface area (Å²) in [5.74, 6) is 0.0812. The molecule has 1 saturated heterocycles. The molecule has 1 N–H and O–H groups in total. The van der Waals surface area contributed by atoms with Crippen LogP contribution >= 0.6 is 0 Å². The van der Waals surface area contributed by atoms with Crippen molar-refractivity contribution in [1.82, 2.24) is 0 Å². The Labute approximate surface area is 155 Å². The zero-order chi connectivity index (χ0) is 18.9. The summed E-state index contributed by atoms with van der Waals surface area (Å²) in [7, 11) is -3.67. The molecular formula is C20H24N2O3S. The lowest BCUT2D eigenvalue weighted by atomic mass is 9.87. The highest BCUT2D eigenvalue weighted by Crippen LogP contribution is 2.26. The molecule has 0 saturated carbocycles. The van der Waals surface area contributed by atoms with Gasteiger partial charge in [-0.25, -0.2) is 8.42 Å². The summed E-state index contributed by atoms with van der Waals surface area (Å²) in [6.45, 7) is 7.01. The SMILES string of the molecule is CC(C)(C)c1ccc(NS(=O)(=O)c2ccc(N3CCCC3=O)cc2)cc1. The molecule has 1 fully saturated rings. The van der Waals surface area contributed by atoms with Crippen molar-refractivity contribution < 1.29 is 13.2 Å². The van der Waals surface area contributed by atoms with Crippen LogP contribution in [0, 0.1) is 0 Å². The van der Waals surface area contributed by atoms with Crippen molar-refractivity contribution in [2.24, 2.45) is 0 Å². The summed E-state index contributed by atoms with van der Waals surface area (Å²) in [6.07, 6.45) is 1.39. The number of nitrogens with one attached hydrogen (secondary N) is 1. The molecule has 1 amide bonds. The molecule has 1 aliphatic heterocycles. The van der Waals surface area contributed by atoms with Gasteiger partial charge in [0.15, 0.2) is 0 Å². The Kier molecular flexibility index (Phi) is 4.80. The minimum atomic E-state index is -3.67. The van der Waals surface area contributed by atoms with Gasteiger partial charge < -0.3 is 4.90 Å². The monoisotopic (exact) mass is 372 g/mol. The van der Waals surface area contributed by atoms with E-state index in [-0.39, 0.29) is 16.2 Å². The third-order valence-electron chi connectivity index (χ3n) is 4.54. The second-order valence-corrected chi connectivity index (χ2v) is 9.26. The molecule has 5 nitrogen and oxygen atoms in total. The fraction of sp³-hybridized carbons (Fsp3) is 0.350. The summed E-state index contributed by atoms with van der Waals surface area (Å²) in [5, 5.41) is 0. The van der Waals surface area contributed by atoms with Crippen LogP contribution in [0.1, 0.15) is 39.2 Å². The molecule has 1 aliphatic rings. The van der Waals surface area contributed by atoms with Crippen LogP contribution in [0.3, 0.4) is 0 Å². The Morgan fingerprint density at radius 1 is 0.962 bits per heavy atom. The molecule has 0 atom stereocenters. The third-order valence-corrected chi connectivity index (χ3v) is 5.93. The highest BCUT2D eigenvalue weighted by atomic mass is 32.2. The van der Waals surface area contributed by atoms with E-state index in [4.69, 9.17) is 0 Å². The minimum Gasteiger partial charge on any atom is -0.312 e. The Bertz CT molecular complexity index is 896. The van der Waals surface area contributed by atoms with Crippen LogP contribution in [0.15, 0.2) is 53.4 Å². The zero-order valence-electron chi connectivity index (χ0n) is 15.3. The number of carbonyl (C=O) groups excluding carboxylic acids is 1. The van der Waals surface area contributed by atoms with Crippen molar-refractivity contribution in [2.45, 2.75) is 43.9 Å².